The molecule has 0 bridgehead atoms. The van der Waals surface area contributed by atoms with Gasteiger partial charge in [-0.1, -0.05) is 182 Å². The standard InChI is InChI=1S/C39H75NO4S.C11H26N2.C2H6/c1-5-9-13-17-19-23-29-36(27-21-15-11-7-3)38(41)43-33-25-31-40(35-45)32-26-34-44-39(42)37(28-22-16-12-8-4)30-24-20-18-14-10-6-2;1-10(2)13(11(3)4)9-7-6-8-12-5;1-2/h35-37H,5-34H2,1-4H3;10-12H,6-9H2,1-5H3;1-2H3. The highest BCUT2D eigenvalue weighted by molar-refractivity contribution is 7.78. The Labute approximate surface area is 381 Å². The van der Waals surface area contributed by atoms with Crippen molar-refractivity contribution in [2.24, 2.45) is 11.8 Å². The van der Waals surface area contributed by atoms with Gasteiger partial charge in [-0.25, -0.2) is 0 Å². The molecule has 360 valence electrons. The van der Waals surface area contributed by atoms with Crippen molar-refractivity contribution in [3.8, 4) is 0 Å². The van der Waals surface area contributed by atoms with E-state index in [0.717, 1.165) is 83.8 Å². The van der Waals surface area contributed by atoms with E-state index in [0.29, 0.717) is 25.3 Å². The summed E-state index contributed by atoms with van der Waals surface area (Å²) in [5, 5.41) is 3.18. The number of esters is 2. The van der Waals surface area contributed by atoms with E-state index in [1.165, 1.54) is 122 Å². The second-order valence-electron chi connectivity index (χ2n) is 17.6. The third-order valence-corrected chi connectivity index (χ3v) is 11.8. The number of carbonyl (C=O) groups is 2. The molecule has 0 aromatic heterocycles. The molecule has 0 amide bonds. The van der Waals surface area contributed by atoms with Crippen molar-refractivity contribution in [3.05, 3.63) is 0 Å². The number of nitrogens with one attached hydrogen (secondary N) is 1. The molecule has 2 atom stereocenters. The normalized spacial score (nSPS) is 12.1. The Bertz CT molecular complexity index is 829. The molecule has 0 aliphatic rings. The van der Waals surface area contributed by atoms with E-state index in [2.05, 4.69) is 70.5 Å². The van der Waals surface area contributed by atoms with Crippen LogP contribution in [0.2, 0.25) is 0 Å². The smallest absolute Gasteiger partial charge is 0.308 e. The van der Waals surface area contributed by atoms with Gasteiger partial charge in [-0.3, -0.25) is 14.5 Å². The van der Waals surface area contributed by atoms with Crippen LogP contribution < -0.4 is 5.32 Å². The average Bonchev–Trinajstić information content (AvgIpc) is 3.24. The van der Waals surface area contributed by atoms with Crippen molar-refractivity contribution in [2.45, 2.75) is 261 Å². The van der Waals surface area contributed by atoms with Crippen molar-refractivity contribution >= 4 is 29.6 Å². The Morgan fingerprint density at radius 3 is 1.15 bits per heavy atom. The Balaban J connectivity index is -0.00000183. The molecular formula is C52H107N3O4S. The van der Waals surface area contributed by atoms with E-state index in [1.54, 1.807) is 5.49 Å². The van der Waals surface area contributed by atoms with E-state index >= 15 is 0 Å². The number of thiocarbonyl (C=S) groups is 1. The number of nitrogens with zero attached hydrogens (tertiary/aromatic N) is 2. The summed E-state index contributed by atoms with van der Waals surface area (Å²) in [5.74, 6) is 0.0684. The van der Waals surface area contributed by atoms with Gasteiger partial charge >= 0.3 is 11.9 Å². The van der Waals surface area contributed by atoms with Crippen LogP contribution in [0.4, 0.5) is 0 Å². The molecule has 7 nitrogen and oxygen atoms in total. The number of hydrogen-bond acceptors (Lipinski definition) is 7. The van der Waals surface area contributed by atoms with Crippen LogP contribution in [0.15, 0.2) is 0 Å². The first-order valence-corrected chi connectivity index (χ1v) is 26.5. The molecule has 0 heterocycles. The van der Waals surface area contributed by atoms with Crippen molar-refractivity contribution in [1.82, 2.24) is 15.1 Å². The second-order valence-corrected chi connectivity index (χ2v) is 17.8. The summed E-state index contributed by atoms with van der Waals surface area (Å²) in [6.07, 6.45) is 32.5. The molecule has 0 aliphatic heterocycles. The van der Waals surface area contributed by atoms with Crippen LogP contribution in [0.25, 0.3) is 0 Å². The molecule has 0 aromatic rings. The Morgan fingerprint density at radius 1 is 0.500 bits per heavy atom. The molecular weight excluding hydrogens is 763 g/mol. The zero-order valence-electron chi connectivity index (χ0n) is 42.4. The van der Waals surface area contributed by atoms with Crippen LogP contribution in [0.5, 0.6) is 0 Å². The highest BCUT2D eigenvalue weighted by atomic mass is 32.1. The SMILES string of the molecule is CC.CCCCCCCCC(CCCCCC)C(=O)OCCCN(C=S)CCCOC(=O)C(CCCCCC)CCCCCCCC.CNCCCCN(C(C)C)C(C)C. The largest absolute Gasteiger partial charge is 0.465 e. The first kappa shape index (κ1) is 63.0. The maximum Gasteiger partial charge on any atom is 0.308 e. The van der Waals surface area contributed by atoms with Crippen molar-refractivity contribution in [3.63, 3.8) is 0 Å². The van der Waals surface area contributed by atoms with E-state index in [-0.39, 0.29) is 23.8 Å². The molecule has 0 rings (SSSR count). The minimum atomic E-state index is -0.00826. The summed E-state index contributed by atoms with van der Waals surface area (Å²) in [6.45, 7) is 26.8. The summed E-state index contributed by atoms with van der Waals surface area (Å²) in [5.41, 5.74) is 1.69. The summed E-state index contributed by atoms with van der Waals surface area (Å²) in [6, 6.07) is 1.35. The van der Waals surface area contributed by atoms with Gasteiger partial charge in [-0.2, -0.15) is 0 Å². The van der Waals surface area contributed by atoms with Gasteiger partial charge in [0.15, 0.2) is 0 Å². The Hall–Kier alpha value is -1.25. The number of unbranched alkanes of at least 4 members (excludes halogenated alkanes) is 17. The number of carbonyl (C=O) groups excluding carboxylic acids is 2. The van der Waals surface area contributed by atoms with E-state index in [9.17, 15) is 9.59 Å². The minimum Gasteiger partial charge on any atom is -0.465 e. The number of hydrogen-bond donors (Lipinski definition) is 1. The lowest BCUT2D eigenvalue weighted by Crippen LogP contribution is -2.37. The lowest BCUT2D eigenvalue weighted by Gasteiger charge is -2.30. The fraction of sp³-hybridized carbons (Fsp3) is 0.942. The topological polar surface area (TPSA) is 71.1 Å². The van der Waals surface area contributed by atoms with Gasteiger partial charge in [0.1, 0.15) is 0 Å². The van der Waals surface area contributed by atoms with Gasteiger partial charge < -0.3 is 19.7 Å². The summed E-state index contributed by atoms with van der Waals surface area (Å²) >= 11 is 5.25. The molecule has 0 aliphatic carbocycles. The highest BCUT2D eigenvalue weighted by Crippen LogP contribution is 2.22. The monoisotopic (exact) mass is 870 g/mol. The molecule has 2 unspecified atom stereocenters. The first-order valence-electron chi connectivity index (χ1n) is 26.1. The van der Waals surface area contributed by atoms with Crippen LogP contribution in [-0.4, -0.2) is 85.8 Å². The number of ether oxygens (including phenoxy) is 2. The fourth-order valence-corrected chi connectivity index (χ4v) is 7.99. The van der Waals surface area contributed by atoms with E-state index in [4.69, 9.17) is 21.7 Å². The van der Waals surface area contributed by atoms with Crippen molar-refractivity contribution in [1.29, 1.82) is 0 Å². The summed E-state index contributed by atoms with van der Waals surface area (Å²) < 4.78 is 11.5. The summed E-state index contributed by atoms with van der Waals surface area (Å²) in [4.78, 5) is 30.5. The molecule has 1 N–H and O–H groups in total. The molecule has 0 radical (unpaired) electrons. The molecule has 0 fully saturated rings. The van der Waals surface area contributed by atoms with Gasteiger partial charge in [-0.15, -0.1) is 0 Å². The van der Waals surface area contributed by atoms with Gasteiger partial charge in [0.2, 0.25) is 0 Å². The maximum atomic E-state index is 12.9. The van der Waals surface area contributed by atoms with Crippen LogP contribution >= 0.6 is 12.2 Å². The molecule has 60 heavy (non-hydrogen) atoms. The predicted octanol–water partition coefficient (Wildman–Crippen LogP) is 14.9. The van der Waals surface area contributed by atoms with Gasteiger partial charge in [0.25, 0.3) is 0 Å². The predicted molar refractivity (Wildman–Crippen MR) is 268 cm³/mol. The third-order valence-electron chi connectivity index (χ3n) is 11.5. The summed E-state index contributed by atoms with van der Waals surface area (Å²) in [7, 11) is 2.02. The highest BCUT2D eigenvalue weighted by Gasteiger charge is 2.21. The van der Waals surface area contributed by atoms with Crippen molar-refractivity contribution < 1.29 is 19.1 Å². The molecule has 8 heteroatoms. The molecule has 0 spiro atoms. The molecule has 0 aromatic carbocycles. The Morgan fingerprint density at radius 2 is 0.833 bits per heavy atom. The van der Waals surface area contributed by atoms with E-state index < -0.39 is 0 Å². The second kappa shape index (κ2) is 50.4. The van der Waals surface area contributed by atoms with Gasteiger partial charge in [-0.05, 0) is 99.2 Å². The lowest BCUT2D eigenvalue weighted by molar-refractivity contribution is -0.150. The van der Waals surface area contributed by atoms with Crippen LogP contribution in [0.3, 0.4) is 0 Å². The van der Waals surface area contributed by atoms with Gasteiger partial charge in [0, 0.05) is 25.2 Å². The lowest BCUT2D eigenvalue weighted by atomic mass is 9.94. The third kappa shape index (κ3) is 42.1. The van der Waals surface area contributed by atoms with Crippen LogP contribution in [0.1, 0.15) is 249 Å². The van der Waals surface area contributed by atoms with Crippen LogP contribution in [-0.2, 0) is 19.1 Å². The zero-order chi connectivity index (χ0) is 45.5. The zero-order valence-corrected chi connectivity index (χ0v) is 43.2. The average molecular weight is 871 g/mol. The minimum absolute atomic E-state index is 0.00826. The quantitative estimate of drug-likeness (QED) is 0.0370. The van der Waals surface area contributed by atoms with Gasteiger partial charge in [0.05, 0.1) is 30.5 Å². The molecule has 0 saturated heterocycles. The Kier molecular flexibility index (Phi) is 52.9. The number of rotatable bonds is 42. The van der Waals surface area contributed by atoms with E-state index in [1.807, 2.05) is 20.9 Å². The van der Waals surface area contributed by atoms with Crippen LogP contribution in [0, 0.1) is 11.8 Å². The van der Waals surface area contributed by atoms with Crippen molar-refractivity contribution in [2.75, 3.05) is 46.4 Å². The molecule has 0 saturated carbocycles. The fourth-order valence-electron chi connectivity index (χ4n) is 7.78. The maximum absolute atomic E-state index is 12.9. The first-order chi connectivity index (χ1) is 29.1.